The Morgan fingerprint density at radius 1 is 1.15 bits per heavy atom. The van der Waals surface area contributed by atoms with E-state index < -0.39 is 0 Å². The van der Waals surface area contributed by atoms with Crippen LogP contribution in [0.15, 0.2) is 58.6 Å². The summed E-state index contributed by atoms with van der Waals surface area (Å²) in [6.45, 7) is 2.05. The predicted molar refractivity (Wildman–Crippen MR) is 109 cm³/mol. The lowest BCUT2D eigenvalue weighted by Gasteiger charge is -2.07. The molecule has 5 nitrogen and oxygen atoms in total. The maximum atomic E-state index is 12.2. The average molecular weight is 385 g/mol. The number of hydrogen-bond acceptors (Lipinski definition) is 5. The third-order valence-corrected chi connectivity index (χ3v) is 5.54. The number of thioether (sulfide) groups is 2. The Kier molecular flexibility index (Phi) is 6.00. The minimum Gasteiger partial charge on any atom is -0.325 e. The molecule has 0 bridgehead atoms. The summed E-state index contributed by atoms with van der Waals surface area (Å²) in [6, 6.07) is 15.9. The molecule has 0 aliphatic rings. The highest BCUT2D eigenvalue weighted by Gasteiger charge is 2.13. The van der Waals surface area contributed by atoms with E-state index in [1.807, 2.05) is 67.3 Å². The molecule has 1 heterocycles. The molecule has 0 atom stereocenters. The van der Waals surface area contributed by atoms with Crippen molar-refractivity contribution >= 4 is 35.1 Å². The number of amides is 1. The van der Waals surface area contributed by atoms with E-state index >= 15 is 0 Å². The van der Waals surface area contributed by atoms with Crippen molar-refractivity contribution in [1.82, 2.24) is 14.8 Å². The quantitative estimate of drug-likeness (QED) is 0.644. The first-order valence-electron chi connectivity index (χ1n) is 8.10. The van der Waals surface area contributed by atoms with Crippen LogP contribution < -0.4 is 5.32 Å². The van der Waals surface area contributed by atoms with Gasteiger partial charge in [0.2, 0.25) is 5.91 Å². The summed E-state index contributed by atoms with van der Waals surface area (Å²) in [5.41, 5.74) is 3.00. The molecule has 0 saturated carbocycles. The van der Waals surface area contributed by atoms with E-state index in [4.69, 9.17) is 0 Å². The first-order valence-corrected chi connectivity index (χ1v) is 10.3. The molecule has 3 aromatic rings. The molecule has 0 radical (unpaired) electrons. The Bertz CT molecular complexity index is 923. The number of aryl methyl sites for hydroxylation is 1. The van der Waals surface area contributed by atoms with Gasteiger partial charge in [0, 0.05) is 23.2 Å². The third kappa shape index (κ3) is 4.47. The monoisotopic (exact) mass is 384 g/mol. The molecule has 0 aliphatic carbocycles. The highest BCUT2D eigenvalue weighted by molar-refractivity contribution is 7.99. The molecule has 0 aliphatic heterocycles. The minimum atomic E-state index is -0.0617. The fourth-order valence-electron chi connectivity index (χ4n) is 2.50. The van der Waals surface area contributed by atoms with Crippen molar-refractivity contribution in [3.8, 4) is 11.4 Å². The van der Waals surface area contributed by atoms with Crippen molar-refractivity contribution in [2.45, 2.75) is 17.0 Å². The zero-order valence-corrected chi connectivity index (χ0v) is 16.5. The lowest BCUT2D eigenvalue weighted by atomic mass is 10.1. The molecular weight excluding hydrogens is 364 g/mol. The van der Waals surface area contributed by atoms with Crippen LogP contribution in [0.2, 0.25) is 0 Å². The SMILES string of the molecule is CSc1cccc(NC(=O)CSc2nnc(-c3cccc(C)c3)n2C)c1. The van der Waals surface area contributed by atoms with E-state index in [1.54, 1.807) is 11.8 Å². The normalized spacial score (nSPS) is 10.7. The number of carbonyl (C=O) groups excluding carboxylic acids is 1. The van der Waals surface area contributed by atoms with E-state index in [2.05, 4.69) is 21.6 Å². The summed E-state index contributed by atoms with van der Waals surface area (Å²) >= 11 is 3.02. The fraction of sp³-hybridized carbons (Fsp3) is 0.211. The molecule has 0 unspecified atom stereocenters. The smallest absolute Gasteiger partial charge is 0.234 e. The maximum Gasteiger partial charge on any atom is 0.234 e. The minimum absolute atomic E-state index is 0.0617. The Hall–Kier alpha value is -2.25. The van der Waals surface area contributed by atoms with Gasteiger partial charge in [0.15, 0.2) is 11.0 Å². The van der Waals surface area contributed by atoms with Crippen LogP contribution in [0.4, 0.5) is 5.69 Å². The van der Waals surface area contributed by atoms with Crippen LogP contribution in [0.25, 0.3) is 11.4 Å². The second-order valence-electron chi connectivity index (χ2n) is 5.80. The highest BCUT2D eigenvalue weighted by atomic mass is 32.2. The van der Waals surface area contributed by atoms with E-state index in [9.17, 15) is 4.79 Å². The van der Waals surface area contributed by atoms with E-state index in [0.29, 0.717) is 0 Å². The van der Waals surface area contributed by atoms with E-state index in [-0.39, 0.29) is 11.7 Å². The molecule has 0 spiro atoms. The maximum absolute atomic E-state index is 12.2. The van der Waals surface area contributed by atoms with Gasteiger partial charge in [-0.05, 0) is 37.4 Å². The van der Waals surface area contributed by atoms with E-state index in [0.717, 1.165) is 27.1 Å². The van der Waals surface area contributed by atoms with Gasteiger partial charge >= 0.3 is 0 Å². The zero-order chi connectivity index (χ0) is 18.5. The van der Waals surface area contributed by atoms with Crippen molar-refractivity contribution in [2.75, 3.05) is 17.3 Å². The molecule has 7 heteroatoms. The largest absolute Gasteiger partial charge is 0.325 e. The van der Waals surface area contributed by atoms with E-state index in [1.165, 1.54) is 17.3 Å². The molecule has 3 rings (SSSR count). The molecule has 0 fully saturated rings. The molecule has 2 aromatic carbocycles. The van der Waals surface area contributed by atoms with Crippen LogP contribution >= 0.6 is 23.5 Å². The van der Waals surface area contributed by atoms with Crippen molar-refractivity contribution in [1.29, 1.82) is 0 Å². The molecular formula is C19H20N4OS2. The standard InChI is InChI=1S/C19H20N4OS2/c1-13-6-4-7-14(10-13)18-21-22-19(23(18)2)26-12-17(24)20-15-8-5-9-16(11-15)25-3/h4-11H,12H2,1-3H3,(H,20,24). The lowest BCUT2D eigenvalue weighted by Crippen LogP contribution is -2.14. The number of hydrogen-bond donors (Lipinski definition) is 1. The number of aromatic nitrogens is 3. The molecule has 134 valence electrons. The number of carbonyl (C=O) groups is 1. The predicted octanol–water partition coefficient (Wildman–Crippen LogP) is 4.24. The second kappa shape index (κ2) is 8.42. The average Bonchev–Trinajstić information content (AvgIpc) is 3.01. The summed E-state index contributed by atoms with van der Waals surface area (Å²) in [4.78, 5) is 13.3. The van der Waals surface area contributed by atoms with Gasteiger partial charge in [-0.3, -0.25) is 4.79 Å². The van der Waals surface area contributed by atoms with Gasteiger partial charge in [-0.1, -0.05) is 41.6 Å². The van der Waals surface area contributed by atoms with Crippen molar-refractivity contribution < 1.29 is 4.79 Å². The van der Waals surface area contributed by atoms with Gasteiger partial charge < -0.3 is 9.88 Å². The topological polar surface area (TPSA) is 59.8 Å². The van der Waals surface area contributed by atoms with Crippen LogP contribution in [-0.2, 0) is 11.8 Å². The van der Waals surface area contributed by atoms with Gasteiger partial charge in [-0.15, -0.1) is 22.0 Å². The number of anilines is 1. The molecule has 1 amide bonds. The van der Waals surface area contributed by atoms with Crippen LogP contribution in [0.5, 0.6) is 0 Å². The van der Waals surface area contributed by atoms with Crippen LogP contribution in [0, 0.1) is 6.92 Å². The van der Waals surface area contributed by atoms with Gasteiger partial charge in [0.05, 0.1) is 5.75 Å². The highest BCUT2D eigenvalue weighted by Crippen LogP contribution is 2.24. The zero-order valence-electron chi connectivity index (χ0n) is 14.9. The third-order valence-electron chi connectivity index (χ3n) is 3.80. The summed E-state index contributed by atoms with van der Waals surface area (Å²) in [5, 5.41) is 12.1. The fourth-order valence-corrected chi connectivity index (χ4v) is 3.67. The molecule has 1 aromatic heterocycles. The number of nitrogens with zero attached hydrogens (tertiary/aromatic N) is 3. The molecule has 0 saturated heterocycles. The summed E-state index contributed by atoms with van der Waals surface area (Å²) < 4.78 is 1.92. The number of nitrogens with one attached hydrogen (secondary N) is 1. The lowest BCUT2D eigenvalue weighted by molar-refractivity contribution is -0.113. The van der Waals surface area contributed by atoms with Crippen LogP contribution in [0.3, 0.4) is 0 Å². The molecule has 26 heavy (non-hydrogen) atoms. The van der Waals surface area contributed by atoms with Gasteiger partial charge in [-0.25, -0.2) is 0 Å². The second-order valence-corrected chi connectivity index (χ2v) is 7.63. The first-order chi connectivity index (χ1) is 12.6. The van der Waals surface area contributed by atoms with Crippen molar-refractivity contribution in [3.05, 3.63) is 54.1 Å². The Balaban J connectivity index is 1.64. The summed E-state index contributed by atoms with van der Waals surface area (Å²) in [6.07, 6.45) is 2.01. The van der Waals surface area contributed by atoms with Crippen LogP contribution in [0.1, 0.15) is 5.56 Å². The van der Waals surface area contributed by atoms with Crippen molar-refractivity contribution in [2.24, 2.45) is 7.05 Å². The van der Waals surface area contributed by atoms with Crippen molar-refractivity contribution in [3.63, 3.8) is 0 Å². The van der Waals surface area contributed by atoms with Crippen LogP contribution in [-0.4, -0.2) is 32.7 Å². The van der Waals surface area contributed by atoms with Gasteiger partial charge in [0.1, 0.15) is 0 Å². The van der Waals surface area contributed by atoms with Gasteiger partial charge in [-0.2, -0.15) is 0 Å². The Labute approximate surface area is 161 Å². The number of benzene rings is 2. The van der Waals surface area contributed by atoms with Gasteiger partial charge in [0.25, 0.3) is 0 Å². The number of rotatable bonds is 6. The Morgan fingerprint density at radius 2 is 1.96 bits per heavy atom. The first kappa shape index (κ1) is 18.5. The summed E-state index contributed by atoms with van der Waals surface area (Å²) in [5.74, 6) is 1.01. The molecule has 1 N–H and O–H groups in total. The summed E-state index contributed by atoms with van der Waals surface area (Å²) in [7, 11) is 1.92. The Morgan fingerprint density at radius 3 is 2.73 bits per heavy atom.